The first kappa shape index (κ1) is 19.9. The molecule has 0 saturated heterocycles. The van der Waals surface area contributed by atoms with E-state index in [1.807, 2.05) is 37.3 Å². The van der Waals surface area contributed by atoms with Gasteiger partial charge in [-0.25, -0.2) is 9.37 Å². The van der Waals surface area contributed by atoms with Gasteiger partial charge in [0.2, 0.25) is 5.91 Å². The quantitative estimate of drug-likeness (QED) is 0.391. The van der Waals surface area contributed by atoms with Crippen molar-refractivity contribution in [2.24, 2.45) is 0 Å². The van der Waals surface area contributed by atoms with E-state index in [4.69, 9.17) is 0 Å². The number of hydrogen-bond acceptors (Lipinski definition) is 4. The summed E-state index contributed by atoms with van der Waals surface area (Å²) in [6.07, 6.45) is 0. The predicted octanol–water partition coefficient (Wildman–Crippen LogP) is 3.92. The van der Waals surface area contributed by atoms with Crippen LogP contribution in [0, 0.1) is 12.7 Å². The zero-order valence-electron chi connectivity index (χ0n) is 16.4. The first-order valence-corrected chi connectivity index (χ1v) is 10.3. The normalized spacial score (nSPS) is 11.0. The van der Waals surface area contributed by atoms with Gasteiger partial charge in [-0.15, -0.1) is 0 Å². The summed E-state index contributed by atoms with van der Waals surface area (Å²) in [7, 11) is 1.71. The van der Waals surface area contributed by atoms with Crippen LogP contribution in [0.4, 0.5) is 10.1 Å². The zero-order chi connectivity index (χ0) is 21.3. The molecular formula is C22H19FN4O2S. The Hall–Kier alpha value is -3.39. The third kappa shape index (κ3) is 3.86. The standard InChI is InChI=1S/C22H19FN4O2S/c1-14-12-18-20(24-14)21(29)27(17-10-8-15(23)9-11-17)22(25-18)30-13-19(28)26(2)16-6-4-3-5-7-16/h3-12,24H,13H2,1-2H3. The van der Waals surface area contributed by atoms with Crippen molar-refractivity contribution in [3.05, 3.63) is 82.5 Å². The third-order valence-electron chi connectivity index (χ3n) is 4.68. The molecule has 1 amide bonds. The van der Waals surface area contributed by atoms with E-state index in [1.165, 1.54) is 40.6 Å². The number of thioether (sulfide) groups is 1. The van der Waals surface area contributed by atoms with Gasteiger partial charge < -0.3 is 9.88 Å². The van der Waals surface area contributed by atoms with Gasteiger partial charge in [-0.1, -0.05) is 30.0 Å². The first-order valence-electron chi connectivity index (χ1n) is 9.27. The number of aryl methyl sites for hydroxylation is 1. The number of nitrogens with zero attached hydrogens (tertiary/aromatic N) is 3. The van der Waals surface area contributed by atoms with Gasteiger partial charge >= 0.3 is 0 Å². The molecule has 0 spiro atoms. The number of aromatic nitrogens is 3. The molecule has 152 valence electrons. The minimum Gasteiger partial charge on any atom is -0.353 e. The Bertz CT molecular complexity index is 1270. The highest BCUT2D eigenvalue weighted by molar-refractivity contribution is 7.99. The number of amides is 1. The topological polar surface area (TPSA) is 71.0 Å². The summed E-state index contributed by atoms with van der Waals surface area (Å²) < 4.78 is 14.8. The molecule has 0 bridgehead atoms. The fourth-order valence-electron chi connectivity index (χ4n) is 3.11. The van der Waals surface area contributed by atoms with E-state index < -0.39 is 5.82 Å². The lowest BCUT2D eigenvalue weighted by molar-refractivity contribution is -0.115. The van der Waals surface area contributed by atoms with Crippen molar-refractivity contribution in [1.82, 2.24) is 14.5 Å². The second-order valence-electron chi connectivity index (χ2n) is 6.80. The van der Waals surface area contributed by atoms with Crippen LogP contribution in [0.3, 0.4) is 0 Å². The fourth-order valence-corrected chi connectivity index (χ4v) is 4.04. The van der Waals surface area contributed by atoms with Gasteiger partial charge in [0, 0.05) is 18.4 Å². The largest absolute Gasteiger partial charge is 0.353 e. The summed E-state index contributed by atoms with van der Waals surface area (Å²) >= 11 is 1.17. The van der Waals surface area contributed by atoms with Crippen molar-refractivity contribution in [2.45, 2.75) is 12.1 Å². The lowest BCUT2D eigenvalue weighted by Crippen LogP contribution is -2.28. The van der Waals surface area contributed by atoms with Crippen LogP contribution >= 0.6 is 11.8 Å². The summed E-state index contributed by atoms with van der Waals surface area (Å²) in [6.45, 7) is 1.84. The van der Waals surface area contributed by atoms with Crippen molar-refractivity contribution >= 4 is 34.4 Å². The molecule has 30 heavy (non-hydrogen) atoms. The van der Waals surface area contributed by atoms with Crippen LogP contribution in [-0.2, 0) is 4.79 Å². The number of benzene rings is 2. The molecule has 0 fully saturated rings. The number of halogens is 1. The van der Waals surface area contributed by atoms with Crippen molar-refractivity contribution < 1.29 is 9.18 Å². The van der Waals surface area contributed by atoms with Crippen molar-refractivity contribution in [1.29, 1.82) is 0 Å². The average Bonchev–Trinajstić information content (AvgIpc) is 3.13. The molecule has 0 radical (unpaired) electrons. The van der Waals surface area contributed by atoms with Gasteiger partial charge in [-0.2, -0.15) is 0 Å². The number of carbonyl (C=O) groups is 1. The van der Waals surface area contributed by atoms with E-state index >= 15 is 0 Å². The van der Waals surface area contributed by atoms with E-state index in [0.29, 0.717) is 21.9 Å². The Kier molecular flexibility index (Phi) is 5.41. The molecule has 4 rings (SSSR count). The molecule has 2 aromatic heterocycles. The molecular weight excluding hydrogens is 403 g/mol. The summed E-state index contributed by atoms with van der Waals surface area (Å²) in [5.74, 6) is -0.435. The maximum absolute atomic E-state index is 13.4. The maximum Gasteiger partial charge on any atom is 0.283 e. The van der Waals surface area contributed by atoms with Gasteiger partial charge in [0.15, 0.2) is 5.16 Å². The van der Waals surface area contributed by atoms with E-state index in [1.54, 1.807) is 18.0 Å². The van der Waals surface area contributed by atoms with Crippen molar-refractivity contribution in [3.63, 3.8) is 0 Å². The summed E-state index contributed by atoms with van der Waals surface area (Å²) in [5, 5.41) is 0.368. The van der Waals surface area contributed by atoms with E-state index in [9.17, 15) is 14.0 Å². The van der Waals surface area contributed by atoms with Crippen LogP contribution in [0.25, 0.3) is 16.7 Å². The van der Waals surface area contributed by atoms with Crippen LogP contribution in [0.1, 0.15) is 5.69 Å². The lowest BCUT2D eigenvalue weighted by atomic mass is 10.3. The van der Waals surface area contributed by atoms with Gasteiger partial charge in [-0.3, -0.25) is 14.2 Å². The summed E-state index contributed by atoms with van der Waals surface area (Å²) in [4.78, 5) is 35.0. The van der Waals surface area contributed by atoms with Gasteiger partial charge in [0.25, 0.3) is 5.56 Å². The van der Waals surface area contributed by atoms with E-state index in [-0.39, 0.29) is 17.2 Å². The number of nitrogens with one attached hydrogen (secondary N) is 1. The number of H-pyrrole nitrogens is 1. The van der Waals surface area contributed by atoms with Crippen molar-refractivity contribution in [2.75, 3.05) is 17.7 Å². The van der Waals surface area contributed by atoms with E-state index in [0.717, 1.165) is 11.4 Å². The maximum atomic E-state index is 13.4. The van der Waals surface area contributed by atoms with Gasteiger partial charge in [-0.05, 0) is 49.4 Å². The molecule has 0 aliphatic rings. The van der Waals surface area contributed by atoms with Crippen LogP contribution in [0.5, 0.6) is 0 Å². The second-order valence-corrected chi connectivity index (χ2v) is 7.74. The Labute approximate surface area is 176 Å². The molecule has 0 unspecified atom stereocenters. The number of anilines is 1. The molecule has 0 aliphatic heterocycles. The number of carbonyl (C=O) groups excluding carboxylic acids is 1. The number of aromatic amines is 1. The molecule has 0 saturated carbocycles. The molecule has 2 heterocycles. The molecule has 0 atom stereocenters. The fraction of sp³-hybridized carbons (Fsp3) is 0.136. The molecule has 8 heteroatoms. The monoisotopic (exact) mass is 422 g/mol. The minimum absolute atomic E-state index is 0.0912. The molecule has 2 aromatic carbocycles. The molecule has 4 aromatic rings. The molecule has 0 aliphatic carbocycles. The number of rotatable bonds is 5. The Morgan fingerprint density at radius 2 is 1.87 bits per heavy atom. The van der Waals surface area contributed by atoms with Crippen LogP contribution < -0.4 is 10.5 Å². The Morgan fingerprint density at radius 3 is 2.57 bits per heavy atom. The SMILES string of the molecule is Cc1cc2nc(SCC(=O)N(C)c3ccccc3)n(-c3ccc(F)cc3)c(=O)c2[nH]1. The highest BCUT2D eigenvalue weighted by Crippen LogP contribution is 2.23. The van der Waals surface area contributed by atoms with Gasteiger partial charge in [0.1, 0.15) is 11.3 Å². The number of fused-ring (bicyclic) bond motifs is 1. The molecule has 6 nitrogen and oxygen atoms in total. The highest BCUT2D eigenvalue weighted by Gasteiger charge is 2.18. The molecule has 1 N–H and O–H groups in total. The number of para-hydroxylation sites is 1. The summed E-state index contributed by atoms with van der Waals surface area (Å²) in [5.41, 5.74) is 2.67. The smallest absolute Gasteiger partial charge is 0.283 e. The van der Waals surface area contributed by atoms with Crippen molar-refractivity contribution in [3.8, 4) is 5.69 Å². The zero-order valence-corrected chi connectivity index (χ0v) is 17.2. The van der Waals surface area contributed by atoms with Crippen LogP contribution in [0.15, 0.2) is 70.6 Å². The Balaban J connectivity index is 1.70. The lowest BCUT2D eigenvalue weighted by Gasteiger charge is -2.17. The summed E-state index contributed by atoms with van der Waals surface area (Å²) in [6, 6.07) is 16.7. The first-order chi connectivity index (χ1) is 14.4. The highest BCUT2D eigenvalue weighted by atomic mass is 32.2. The third-order valence-corrected chi connectivity index (χ3v) is 5.61. The minimum atomic E-state index is -0.398. The van der Waals surface area contributed by atoms with Gasteiger partial charge in [0.05, 0.1) is 17.0 Å². The van der Waals surface area contributed by atoms with Crippen LogP contribution in [0.2, 0.25) is 0 Å². The van der Waals surface area contributed by atoms with Crippen LogP contribution in [-0.4, -0.2) is 33.2 Å². The predicted molar refractivity (Wildman–Crippen MR) is 117 cm³/mol. The van der Waals surface area contributed by atoms with E-state index in [2.05, 4.69) is 9.97 Å². The Morgan fingerprint density at radius 1 is 1.17 bits per heavy atom. The average molecular weight is 422 g/mol. The number of hydrogen-bond donors (Lipinski definition) is 1. The second kappa shape index (κ2) is 8.16.